The number of aliphatic hydroxyl groups is 1. The number of nitrogens with zero attached hydrogens (tertiary/aromatic N) is 4. The number of unbranched alkanes of at least 4 members (excludes halogenated alkanes) is 3. The van der Waals surface area contributed by atoms with Gasteiger partial charge in [-0.3, -0.25) is 24.2 Å². The van der Waals surface area contributed by atoms with Crippen LogP contribution in [0.4, 0.5) is 26.7 Å². The summed E-state index contributed by atoms with van der Waals surface area (Å²) in [6.07, 6.45) is 3.12. The van der Waals surface area contributed by atoms with E-state index in [2.05, 4.69) is 34.1 Å². The van der Waals surface area contributed by atoms with Gasteiger partial charge in [-0.1, -0.05) is 66.8 Å². The zero-order valence-electron chi connectivity index (χ0n) is 47.2. The number of carbonyl (C=O) groups is 6. The van der Waals surface area contributed by atoms with Crippen molar-refractivity contribution >= 4 is 59.1 Å². The van der Waals surface area contributed by atoms with E-state index < -0.39 is 59.9 Å². The van der Waals surface area contributed by atoms with Gasteiger partial charge in [0.25, 0.3) is 11.8 Å². The fraction of sp³-hybridized carbons (Fsp3) is 0.426. The minimum Gasteiger partial charge on any atom is -0.493 e. The third kappa shape index (κ3) is 14.9. The molecule has 21 heteroatoms. The minimum absolute atomic E-state index is 0.0679. The zero-order valence-corrected chi connectivity index (χ0v) is 47.2. The molecule has 82 heavy (non-hydrogen) atoms. The Bertz CT molecular complexity index is 3050. The van der Waals surface area contributed by atoms with E-state index in [9.17, 15) is 33.9 Å². The van der Waals surface area contributed by atoms with E-state index in [1.807, 2.05) is 30.3 Å². The smallest absolute Gasteiger partial charge is 0.416 e. The number of hydrogen-bond donors (Lipinski definition) is 5. The largest absolute Gasteiger partial charge is 0.493 e. The lowest BCUT2D eigenvalue weighted by Gasteiger charge is -2.31. The first-order chi connectivity index (χ1) is 39.3. The van der Waals surface area contributed by atoms with Gasteiger partial charge in [-0.15, -0.1) is 0 Å². The van der Waals surface area contributed by atoms with Crippen molar-refractivity contribution in [3.63, 3.8) is 0 Å². The number of nitrogens with one attached hydrogen (secondary N) is 3. The number of hydrogen-bond acceptors (Lipinski definition) is 15. The topological polar surface area (TPSA) is 262 Å². The van der Waals surface area contributed by atoms with E-state index in [1.54, 1.807) is 68.3 Å². The lowest BCUT2D eigenvalue weighted by atomic mass is 10.0. The molecule has 4 aromatic carbocycles. The molecular formula is C61H74N8O13. The van der Waals surface area contributed by atoms with Crippen LogP contribution in [-0.2, 0) is 32.1 Å². The van der Waals surface area contributed by atoms with E-state index in [0.29, 0.717) is 97.8 Å². The second-order valence-corrected chi connectivity index (χ2v) is 21.8. The Morgan fingerprint density at radius 3 is 2.10 bits per heavy atom. The molecule has 4 aliphatic rings. The number of alkyl carbamates (subject to hydrolysis) is 1. The molecule has 0 saturated carbocycles. The van der Waals surface area contributed by atoms with Crippen LogP contribution in [0.1, 0.15) is 104 Å². The minimum atomic E-state index is -1.53. The molecule has 4 heterocycles. The van der Waals surface area contributed by atoms with Gasteiger partial charge in [0.15, 0.2) is 29.2 Å². The molecule has 6 amide bonds. The highest BCUT2D eigenvalue weighted by molar-refractivity contribution is 6.06. The number of benzene rings is 4. The van der Waals surface area contributed by atoms with Gasteiger partial charge < -0.3 is 65.0 Å². The molecule has 21 nitrogen and oxygen atoms in total. The average Bonchev–Trinajstić information content (AvgIpc) is 4.22. The summed E-state index contributed by atoms with van der Waals surface area (Å²) < 4.78 is 34.8. The number of amides is 6. The van der Waals surface area contributed by atoms with Crippen LogP contribution in [0, 0.1) is 0 Å². The fourth-order valence-electron chi connectivity index (χ4n) is 10.1. The summed E-state index contributed by atoms with van der Waals surface area (Å²) in [4.78, 5) is 90.1. The number of ether oxygens (including phenoxy) is 6. The molecule has 0 aliphatic carbocycles. The molecule has 8 rings (SSSR count). The zero-order chi connectivity index (χ0) is 58.7. The molecule has 4 aliphatic heterocycles. The number of fused-ring (bicyclic) bond motifs is 4. The van der Waals surface area contributed by atoms with E-state index in [1.165, 1.54) is 31.3 Å². The maximum Gasteiger partial charge on any atom is 0.416 e. The lowest BCUT2D eigenvalue weighted by Crippen LogP contribution is -2.50. The van der Waals surface area contributed by atoms with Crippen molar-refractivity contribution in [2.24, 2.45) is 10.7 Å². The molecule has 4 aromatic rings. The molecule has 0 unspecified atom stereocenters. The van der Waals surface area contributed by atoms with E-state index in [0.717, 1.165) is 16.0 Å². The number of nitrogens with two attached hydrogens (primary N) is 1. The third-order valence-electron chi connectivity index (χ3n) is 14.3. The lowest BCUT2D eigenvalue weighted by molar-refractivity contribution is -0.127. The first kappa shape index (κ1) is 59.7. The molecule has 0 radical (unpaired) electrons. The maximum atomic E-state index is 14.3. The van der Waals surface area contributed by atoms with Crippen molar-refractivity contribution in [1.29, 1.82) is 0 Å². The van der Waals surface area contributed by atoms with E-state index in [-0.39, 0.29) is 73.7 Å². The van der Waals surface area contributed by atoms with Gasteiger partial charge in [0, 0.05) is 43.7 Å². The number of rotatable bonds is 23. The van der Waals surface area contributed by atoms with Gasteiger partial charge >= 0.3 is 12.2 Å². The Labute approximate surface area is 477 Å². The normalized spacial score (nSPS) is 18.0. The Morgan fingerprint density at radius 1 is 0.768 bits per heavy atom. The van der Waals surface area contributed by atoms with Crippen molar-refractivity contribution in [1.82, 2.24) is 20.4 Å². The van der Waals surface area contributed by atoms with Gasteiger partial charge in [0.1, 0.15) is 18.2 Å². The number of aliphatic hydroxyl groups excluding tert-OH is 1. The standard InChI is InChI=1S/C61H74N8O13/c1-37-26-42-33-64-47-31-52(50(77-6)29-43(47)56(72)67(42)34-37)79-24-14-9-15-25-80-53-32-48-44(30-51(53)78-7)57(73)68-35-38(2)27-49(68)58(74)69(48)60(76)81-36-40-19-21-41(22-20-40)65-55(71)46(18-12-13-23-63-59(75)82-61(3,4)5)66-54(70)45(62)28-39-16-10-8-11-17-39/h8,10-11,16-17,19-22,29-33,42,45-46,49,58,74H,1-2,9,12-15,18,23-28,34-36,62H2,3-7H3,(H,63,75)(H,65,71)(H,66,70)/t42-,45-,46-,49-,58-/m0/s1. The van der Waals surface area contributed by atoms with Crippen LogP contribution in [0.25, 0.3) is 0 Å². The molecule has 5 atom stereocenters. The molecule has 2 saturated heterocycles. The van der Waals surface area contributed by atoms with Crippen molar-refractivity contribution in [2.45, 2.75) is 121 Å². The third-order valence-corrected chi connectivity index (χ3v) is 14.3. The highest BCUT2D eigenvalue weighted by atomic mass is 16.6. The van der Waals surface area contributed by atoms with Crippen molar-refractivity contribution in [3.05, 3.63) is 125 Å². The predicted molar refractivity (Wildman–Crippen MR) is 308 cm³/mol. The molecule has 6 N–H and O–H groups in total. The Balaban J connectivity index is 0.881. The van der Waals surface area contributed by atoms with Crippen LogP contribution >= 0.6 is 0 Å². The summed E-state index contributed by atoms with van der Waals surface area (Å²) in [6, 6.07) is 19.4. The fourth-order valence-corrected chi connectivity index (χ4v) is 10.1. The van der Waals surface area contributed by atoms with Crippen molar-refractivity contribution < 1.29 is 62.3 Å². The molecule has 0 aromatic heterocycles. The summed E-state index contributed by atoms with van der Waals surface area (Å²) in [7, 11) is 2.97. The Morgan fingerprint density at radius 2 is 1.41 bits per heavy atom. The monoisotopic (exact) mass is 1130 g/mol. The molecule has 436 valence electrons. The highest BCUT2D eigenvalue weighted by Gasteiger charge is 2.46. The van der Waals surface area contributed by atoms with Gasteiger partial charge in [0.2, 0.25) is 11.8 Å². The maximum absolute atomic E-state index is 14.3. The second-order valence-electron chi connectivity index (χ2n) is 21.8. The van der Waals surface area contributed by atoms with Crippen LogP contribution in [0.2, 0.25) is 0 Å². The first-order valence-electron chi connectivity index (χ1n) is 27.6. The molecule has 2 fully saturated rings. The number of carbonyl (C=O) groups excluding carboxylic acids is 6. The summed E-state index contributed by atoms with van der Waals surface area (Å²) in [6.45, 7) is 14.7. The number of aliphatic imine (C=N–C) groups is 1. The molecule has 0 spiro atoms. The Hall–Kier alpha value is -8.43. The predicted octanol–water partition coefficient (Wildman–Crippen LogP) is 7.75. The highest BCUT2D eigenvalue weighted by Crippen LogP contribution is 2.43. The molecular weight excluding hydrogens is 1050 g/mol. The number of methoxy groups -OCH3 is 2. The van der Waals surface area contributed by atoms with Crippen molar-refractivity contribution in [2.75, 3.05) is 57.3 Å². The van der Waals surface area contributed by atoms with Crippen molar-refractivity contribution in [3.8, 4) is 23.0 Å². The Kier molecular flexibility index (Phi) is 19.6. The number of anilines is 2. The van der Waals surface area contributed by atoms with Crippen LogP contribution < -0.4 is 45.5 Å². The first-order valence-corrected chi connectivity index (χ1v) is 27.6. The SMILES string of the molecule is C=C1C[C@H]2C=Nc3cc(OCCCCCOc4cc5c(cc4OC)C(=O)N4CC(=C)C[C@H]4[C@H](O)N5C(=O)OCc4ccc(NC(=O)[C@H](CCCCNC(=O)OC(C)(C)C)NC(=O)[C@@H](N)Cc5ccccc5)cc4)c(OC)cc3C(=O)N2C1. The quantitative estimate of drug-likeness (QED) is 0.0351. The summed E-state index contributed by atoms with van der Waals surface area (Å²) >= 11 is 0. The van der Waals surface area contributed by atoms with Gasteiger partial charge in [-0.25, -0.2) is 14.5 Å². The van der Waals surface area contributed by atoms with E-state index in [4.69, 9.17) is 34.2 Å². The van der Waals surface area contributed by atoms with Crippen LogP contribution in [0.15, 0.2) is 108 Å². The van der Waals surface area contributed by atoms with E-state index >= 15 is 0 Å². The van der Waals surface area contributed by atoms with Gasteiger partial charge in [0.05, 0.1) is 68.1 Å². The summed E-state index contributed by atoms with van der Waals surface area (Å²) in [5, 5.41) is 20.3. The van der Waals surface area contributed by atoms with Gasteiger partial charge in [-0.2, -0.15) is 0 Å². The van der Waals surface area contributed by atoms with Crippen LogP contribution in [0.3, 0.4) is 0 Å². The molecule has 0 bridgehead atoms. The van der Waals surface area contributed by atoms with Gasteiger partial charge in [-0.05, 0) is 114 Å². The van der Waals surface area contributed by atoms with Crippen LogP contribution in [0.5, 0.6) is 23.0 Å². The summed E-state index contributed by atoms with van der Waals surface area (Å²) in [5.41, 5.74) is 10.2. The van der Waals surface area contributed by atoms with Crippen LogP contribution in [-0.4, -0.2) is 140 Å². The average molecular weight is 1130 g/mol. The second kappa shape index (κ2) is 26.9. The summed E-state index contributed by atoms with van der Waals surface area (Å²) in [5.74, 6) is -0.166.